The third-order valence-corrected chi connectivity index (χ3v) is 4.53. The largest absolute Gasteiger partial charge is 0.392 e. The lowest BCUT2D eigenvalue weighted by atomic mass is 10.0. The summed E-state index contributed by atoms with van der Waals surface area (Å²) in [5.74, 6) is 0.160. The molecule has 0 aromatic carbocycles. The van der Waals surface area contributed by atoms with E-state index in [2.05, 4.69) is 0 Å². The van der Waals surface area contributed by atoms with E-state index < -0.39 is 15.1 Å². The van der Waals surface area contributed by atoms with Gasteiger partial charge in [0.15, 0.2) is 9.84 Å². The van der Waals surface area contributed by atoms with Gasteiger partial charge in [0.2, 0.25) is 0 Å². The van der Waals surface area contributed by atoms with E-state index in [1.165, 1.54) is 6.26 Å². The summed E-state index contributed by atoms with van der Waals surface area (Å²) in [6.45, 7) is 0. The predicted octanol–water partition coefficient (Wildman–Crippen LogP) is 0.876. The second-order valence-electron chi connectivity index (χ2n) is 3.70. The molecule has 3 nitrogen and oxygen atoms in total. The van der Waals surface area contributed by atoms with Gasteiger partial charge >= 0.3 is 0 Å². The molecule has 1 saturated carbocycles. The van der Waals surface area contributed by atoms with Crippen molar-refractivity contribution in [1.82, 2.24) is 0 Å². The SMILES string of the molecule is CS(=O)(=O)[C@H](C(N)=S)C1CCCC1. The van der Waals surface area contributed by atoms with Gasteiger partial charge in [0.05, 0.1) is 4.99 Å². The van der Waals surface area contributed by atoms with Crippen molar-refractivity contribution < 1.29 is 8.42 Å². The van der Waals surface area contributed by atoms with Crippen LogP contribution in [0.15, 0.2) is 0 Å². The summed E-state index contributed by atoms with van der Waals surface area (Å²) in [5.41, 5.74) is 5.45. The Morgan fingerprint density at radius 2 is 1.92 bits per heavy atom. The summed E-state index contributed by atoms with van der Waals surface area (Å²) >= 11 is 4.80. The fourth-order valence-corrected chi connectivity index (χ4v) is 4.16. The van der Waals surface area contributed by atoms with E-state index >= 15 is 0 Å². The normalized spacial score (nSPS) is 21.6. The molecule has 2 N–H and O–H groups in total. The molecule has 0 heterocycles. The van der Waals surface area contributed by atoms with Gasteiger partial charge in [-0.1, -0.05) is 25.1 Å². The summed E-state index contributed by atoms with van der Waals surface area (Å²) < 4.78 is 22.8. The van der Waals surface area contributed by atoms with Crippen LogP contribution in [-0.4, -0.2) is 24.9 Å². The van der Waals surface area contributed by atoms with E-state index in [9.17, 15) is 8.42 Å². The Balaban J connectivity index is 2.85. The summed E-state index contributed by atoms with van der Waals surface area (Å²) in [5, 5.41) is -0.593. The fraction of sp³-hybridized carbons (Fsp3) is 0.875. The monoisotopic (exact) mass is 221 g/mol. The van der Waals surface area contributed by atoms with Crippen LogP contribution in [0, 0.1) is 5.92 Å². The topological polar surface area (TPSA) is 60.2 Å². The second kappa shape index (κ2) is 3.92. The van der Waals surface area contributed by atoms with Gasteiger partial charge < -0.3 is 5.73 Å². The summed E-state index contributed by atoms with van der Waals surface area (Å²) in [4.78, 5) is 0.134. The minimum atomic E-state index is -3.11. The minimum Gasteiger partial charge on any atom is -0.392 e. The third kappa shape index (κ3) is 2.64. The number of nitrogens with two attached hydrogens (primary N) is 1. The quantitative estimate of drug-likeness (QED) is 0.719. The third-order valence-electron chi connectivity index (χ3n) is 2.57. The van der Waals surface area contributed by atoms with E-state index in [0.717, 1.165) is 25.7 Å². The van der Waals surface area contributed by atoms with Crippen LogP contribution < -0.4 is 5.73 Å². The number of thiocarbonyl (C=S) groups is 1. The highest BCUT2D eigenvalue weighted by Crippen LogP contribution is 2.30. The molecule has 1 fully saturated rings. The molecule has 0 radical (unpaired) electrons. The number of hydrogen-bond donors (Lipinski definition) is 1. The molecule has 0 aliphatic heterocycles. The van der Waals surface area contributed by atoms with Gasteiger partial charge in [-0.15, -0.1) is 0 Å². The Bertz CT molecular complexity index is 291. The van der Waals surface area contributed by atoms with Crippen LogP contribution in [0.2, 0.25) is 0 Å². The van der Waals surface area contributed by atoms with Crippen molar-refractivity contribution in [3.05, 3.63) is 0 Å². The zero-order valence-corrected chi connectivity index (χ0v) is 9.33. The van der Waals surface area contributed by atoms with Crippen molar-refractivity contribution in [2.24, 2.45) is 11.7 Å². The molecule has 1 aliphatic rings. The maximum atomic E-state index is 11.4. The minimum absolute atomic E-state index is 0.134. The van der Waals surface area contributed by atoms with Crippen molar-refractivity contribution in [3.63, 3.8) is 0 Å². The molecule has 0 saturated heterocycles. The molecule has 0 spiro atoms. The van der Waals surface area contributed by atoms with Gasteiger partial charge in [-0.25, -0.2) is 8.42 Å². The number of sulfone groups is 1. The predicted molar refractivity (Wildman–Crippen MR) is 57.4 cm³/mol. The lowest BCUT2D eigenvalue weighted by Crippen LogP contribution is -2.39. The van der Waals surface area contributed by atoms with Gasteiger partial charge in [-0.3, -0.25) is 0 Å². The first-order valence-corrected chi connectivity index (χ1v) is 6.77. The van der Waals surface area contributed by atoms with Crippen LogP contribution in [0.1, 0.15) is 25.7 Å². The van der Waals surface area contributed by atoms with Crippen LogP contribution in [0.4, 0.5) is 0 Å². The second-order valence-corrected chi connectivity index (χ2v) is 6.34. The Morgan fingerprint density at radius 1 is 1.46 bits per heavy atom. The first kappa shape index (κ1) is 10.9. The number of rotatable bonds is 3. The van der Waals surface area contributed by atoms with Gasteiger partial charge in [0.25, 0.3) is 0 Å². The molecule has 1 aliphatic carbocycles. The van der Waals surface area contributed by atoms with E-state index in [1.807, 2.05) is 0 Å². The van der Waals surface area contributed by atoms with Crippen molar-refractivity contribution >= 4 is 27.0 Å². The smallest absolute Gasteiger partial charge is 0.157 e. The number of hydrogen-bond acceptors (Lipinski definition) is 3. The van der Waals surface area contributed by atoms with Crippen molar-refractivity contribution in [2.45, 2.75) is 30.9 Å². The molecule has 1 rings (SSSR count). The molecular weight excluding hydrogens is 206 g/mol. The Hall–Kier alpha value is -0.160. The fourth-order valence-electron chi connectivity index (χ4n) is 2.05. The first-order chi connectivity index (χ1) is 5.93. The lowest BCUT2D eigenvalue weighted by Gasteiger charge is -2.19. The first-order valence-electron chi connectivity index (χ1n) is 4.41. The van der Waals surface area contributed by atoms with Crippen molar-refractivity contribution in [1.29, 1.82) is 0 Å². The average Bonchev–Trinajstić information content (AvgIpc) is 2.34. The van der Waals surface area contributed by atoms with Gasteiger partial charge in [-0.2, -0.15) is 0 Å². The van der Waals surface area contributed by atoms with Gasteiger partial charge in [0, 0.05) is 6.26 Å². The highest BCUT2D eigenvalue weighted by atomic mass is 32.2. The Labute approximate surface area is 84.6 Å². The van der Waals surface area contributed by atoms with Crippen molar-refractivity contribution in [3.8, 4) is 0 Å². The molecular formula is C8H15NO2S2. The zero-order chi connectivity index (χ0) is 10.1. The molecule has 5 heteroatoms. The molecule has 0 amide bonds. The van der Waals surface area contributed by atoms with Crippen LogP contribution >= 0.6 is 12.2 Å². The van der Waals surface area contributed by atoms with E-state index in [-0.39, 0.29) is 10.9 Å². The summed E-state index contributed by atoms with van der Waals surface area (Å²) in [7, 11) is -3.11. The lowest BCUT2D eigenvalue weighted by molar-refractivity contribution is 0.537. The molecule has 0 unspecified atom stereocenters. The average molecular weight is 221 g/mol. The molecule has 0 bridgehead atoms. The van der Waals surface area contributed by atoms with E-state index in [1.54, 1.807) is 0 Å². The molecule has 0 aromatic rings. The van der Waals surface area contributed by atoms with Crippen LogP contribution in [-0.2, 0) is 9.84 Å². The summed E-state index contributed by atoms with van der Waals surface area (Å²) in [6, 6.07) is 0. The highest BCUT2D eigenvalue weighted by molar-refractivity contribution is 7.94. The zero-order valence-electron chi connectivity index (χ0n) is 7.69. The summed E-state index contributed by atoms with van der Waals surface area (Å²) in [6.07, 6.45) is 5.29. The Morgan fingerprint density at radius 3 is 2.23 bits per heavy atom. The maximum Gasteiger partial charge on any atom is 0.157 e. The van der Waals surface area contributed by atoms with Gasteiger partial charge in [0.1, 0.15) is 5.25 Å². The molecule has 13 heavy (non-hydrogen) atoms. The Kier molecular flexibility index (Phi) is 3.29. The van der Waals surface area contributed by atoms with E-state index in [4.69, 9.17) is 18.0 Å². The standard InChI is InChI=1S/C8H15NO2S2/c1-13(10,11)7(8(9)12)6-4-2-3-5-6/h6-7H,2-5H2,1H3,(H2,9,12)/t7-/m0/s1. The molecule has 76 valence electrons. The molecule has 1 atom stereocenters. The van der Waals surface area contributed by atoms with Crippen LogP contribution in [0.25, 0.3) is 0 Å². The van der Waals surface area contributed by atoms with Gasteiger partial charge in [-0.05, 0) is 18.8 Å². The maximum absolute atomic E-state index is 11.4. The van der Waals surface area contributed by atoms with Crippen LogP contribution in [0.3, 0.4) is 0 Å². The molecule has 0 aromatic heterocycles. The van der Waals surface area contributed by atoms with Crippen molar-refractivity contribution in [2.75, 3.05) is 6.26 Å². The van der Waals surface area contributed by atoms with Crippen LogP contribution in [0.5, 0.6) is 0 Å². The van der Waals surface area contributed by atoms with E-state index in [0.29, 0.717) is 0 Å². The highest BCUT2D eigenvalue weighted by Gasteiger charge is 2.34.